The van der Waals surface area contributed by atoms with Gasteiger partial charge in [0.2, 0.25) is 0 Å². The summed E-state index contributed by atoms with van der Waals surface area (Å²) in [5.74, 6) is 0.797. The zero-order valence-corrected chi connectivity index (χ0v) is 7.98. The van der Waals surface area contributed by atoms with Crippen LogP contribution in [0.2, 0.25) is 0 Å². The van der Waals surface area contributed by atoms with E-state index < -0.39 is 0 Å². The van der Waals surface area contributed by atoms with Gasteiger partial charge in [-0.3, -0.25) is 4.98 Å². The van der Waals surface area contributed by atoms with Crippen LogP contribution in [0.3, 0.4) is 0 Å². The van der Waals surface area contributed by atoms with Crippen molar-refractivity contribution in [3.8, 4) is 0 Å². The van der Waals surface area contributed by atoms with Crippen LogP contribution >= 0.6 is 0 Å². The van der Waals surface area contributed by atoms with E-state index in [1.165, 1.54) is 5.52 Å². The van der Waals surface area contributed by atoms with Crippen molar-refractivity contribution >= 4 is 11.0 Å². The lowest BCUT2D eigenvalue weighted by Gasteiger charge is -2.27. The smallest absolute Gasteiger partial charge is 0.0880 e. The molecule has 3 nitrogen and oxygen atoms in total. The molecule has 0 saturated carbocycles. The Balaban J connectivity index is 1.95. The minimum Gasteiger partial charge on any atom is -0.346 e. The van der Waals surface area contributed by atoms with Crippen molar-refractivity contribution in [2.24, 2.45) is 5.92 Å². The molecule has 0 bridgehead atoms. The van der Waals surface area contributed by atoms with Gasteiger partial charge in [-0.25, -0.2) is 0 Å². The van der Waals surface area contributed by atoms with E-state index in [1.54, 1.807) is 0 Å². The molecule has 2 aromatic heterocycles. The average Bonchev–Trinajstić information content (AvgIpc) is 2.55. The highest BCUT2D eigenvalue weighted by atomic mass is 15.0. The molecule has 14 heavy (non-hydrogen) atoms. The second kappa shape index (κ2) is 3.10. The Hall–Kier alpha value is -1.35. The van der Waals surface area contributed by atoms with Crippen molar-refractivity contribution in [3.05, 3.63) is 30.6 Å². The summed E-state index contributed by atoms with van der Waals surface area (Å²) in [5.41, 5.74) is 2.35. The molecule has 0 aromatic carbocycles. The molecule has 0 amide bonds. The molecule has 0 aliphatic carbocycles. The Morgan fingerprint density at radius 3 is 3.14 bits per heavy atom. The van der Waals surface area contributed by atoms with Gasteiger partial charge in [-0.1, -0.05) is 0 Å². The normalized spacial score (nSPS) is 17.1. The molecule has 3 rings (SSSR count). The summed E-state index contributed by atoms with van der Waals surface area (Å²) < 4.78 is 2.30. The number of nitrogens with zero attached hydrogens (tertiary/aromatic N) is 2. The number of aromatic nitrogens is 2. The van der Waals surface area contributed by atoms with Crippen LogP contribution in [0.5, 0.6) is 0 Å². The number of nitrogens with one attached hydrogen (secondary N) is 1. The van der Waals surface area contributed by atoms with Gasteiger partial charge in [-0.2, -0.15) is 0 Å². The third-order valence-corrected chi connectivity index (χ3v) is 2.86. The molecule has 0 unspecified atom stereocenters. The highest BCUT2D eigenvalue weighted by Gasteiger charge is 2.17. The maximum atomic E-state index is 4.32. The lowest BCUT2D eigenvalue weighted by atomic mass is 10.0. The number of pyridine rings is 1. The number of hydrogen-bond donors (Lipinski definition) is 1. The molecular weight excluding hydrogens is 174 g/mol. The van der Waals surface area contributed by atoms with Gasteiger partial charge in [0.1, 0.15) is 0 Å². The highest BCUT2D eigenvalue weighted by molar-refractivity contribution is 5.75. The van der Waals surface area contributed by atoms with Gasteiger partial charge in [-0.15, -0.1) is 0 Å². The predicted octanol–water partition coefficient (Wildman–Crippen LogP) is 1.26. The zero-order valence-electron chi connectivity index (χ0n) is 7.98. The van der Waals surface area contributed by atoms with Crippen LogP contribution in [-0.4, -0.2) is 22.6 Å². The summed E-state index contributed by atoms with van der Waals surface area (Å²) in [6, 6.07) is 6.22. The van der Waals surface area contributed by atoms with E-state index in [0.29, 0.717) is 0 Å². The standard InChI is InChI=1S/C11H13N3/c1-2-11-10(13-4-1)3-5-14(11)8-9-6-12-7-9/h1-5,9,12H,6-8H2. The molecule has 0 atom stereocenters. The minimum absolute atomic E-state index is 0.797. The largest absolute Gasteiger partial charge is 0.346 e. The third kappa shape index (κ3) is 1.21. The van der Waals surface area contributed by atoms with Gasteiger partial charge in [0.15, 0.2) is 0 Å². The lowest BCUT2D eigenvalue weighted by molar-refractivity contribution is 0.310. The fraction of sp³-hybridized carbons (Fsp3) is 0.364. The van der Waals surface area contributed by atoms with Crippen LogP contribution < -0.4 is 5.32 Å². The molecule has 0 spiro atoms. The molecule has 3 heteroatoms. The fourth-order valence-corrected chi connectivity index (χ4v) is 1.94. The quantitative estimate of drug-likeness (QED) is 0.767. The molecule has 1 aliphatic rings. The van der Waals surface area contributed by atoms with Crippen LogP contribution in [0.15, 0.2) is 30.6 Å². The van der Waals surface area contributed by atoms with Gasteiger partial charge in [0, 0.05) is 37.9 Å². The summed E-state index contributed by atoms with van der Waals surface area (Å²) in [4.78, 5) is 4.32. The molecule has 3 heterocycles. The van der Waals surface area contributed by atoms with Crippen molar-refractivity contribution in [3.63, 3.8) is 0 Å². The van der Waals surface area contributed by atoms with Gasteiger partial charge in [0.05, 0.1) is 11.0 Å². The summed E-state index contributed by atoms with van der Waals surface area (Å²) in [5, 5.41) is 3.29. The zero-order chi connectivity index (χ0) is 9.38. The van der Waals surface area contributed by atoms with Crippen LogP contribution in [0.25, 0.3) is 11.0 Å². The average molecular weight is 187 g/mol. The van der Waals surface area contributed by atoms with E-state index in [-0.39, 0.29) is 0 Å². The number of rotatable bonds is 2. The maximum Gasteiger partial charge on any atom is 0.0880 e. The Morgan fingerprint density at radius 2 is 2.36 bits per heavy atom. The molecule has 0 radical (unpaired) electrons. The SMILES string of the molecule is c1cnc2ccn(CC3CNC3)c2c1. The molecule has 1 saturated heterocycles. The van der Waals surface area contributed by atoms with E-state index >= 15 is 0 Å². The third-order valence-electron chi connectivity index (χ3n) is 2.86. The lowest BCUT2D eigenvalue weighted by Crippen LogP contribution is -2.44. The molecule has 1 aliphatic heterocycles. The Labute approximate surface area is 82.8 Å². The first-order valence-electron chi connectivity index (χ1n) is 5.04. The topological polar surface area (TPSA) is 29.9 Å². The molecule has 1 fully saturated rings. The van der Waals surface area contributed by atoms with E-state index in [9.17, 15) is 0 Å². The molecule has 72 valence electrons. The van der Waals surface area contributed by atoms with Gasteiger partial charge < -0.3 is 9.88 Å². The van der Waals surface area contributed by atoms with Gasteiger partial charge >= 0.3 is 0 Å². The Bertz CT molecular complexity index is 442. The van der Waals surface area contributed by atoms with Crippen molar-refractivity contribution in [1.82, 2.24) is 14.9 Å². The van der Waals surface area contributed by atoms with Crippen LogP contribution in [0.1, 0.15) is 0 Å². The second-order valence-corrected chi connectivity index (χ2v) is 3.90. The van der Waals surface area contributed by atoms with Crippen molar-refractivity contribution in [2.75, 3.05) is 13.1 Å². The van der Waals surface area contributed by atoms with Crippen molar-refractivity contribution < 1.29 is 0 Å². The van der Waals surface area contributed by atoms with Gasteiger partial charge in [-0.05, 0) is 18.2 Å². The molecular formula is C11H13N3. The van der Waals surface area contributed by atoms with Crippen LogP contribution in [0, 0.1) is 5.92 Å². The first-order chi connectivity index (χ1) is 6.93. The molecule has 2 aromatic rings. The summed E-state index contributed by atoms with van der Waals surface area (Å²) >= 11 is 0. The van der Waals surface area contributed by atoms with E-state index in [2.05, 4.69) is 33.2 Å². The second-order valence-electron chi connectivity index (χ2n) is 3.90. The van der Waals surface area contributed by atoms with Crippen LogP contribution in [-0.2, 0) is 6.54 Å². The Morgan fingerprint density at radius 1 is 1.43 bits per heavy atom. The highest BCUT2D eigenvalue weighted by Crippen LogP contribution is 2.15. The van der Waals surface area contributed by atoms with Crippen LogP contribution in [0.4, 0.5) is 0 Å². The van der Waals surface area contributed by atoms with E-state index in [1.807, 2.05) is 12.3 Å². The summed E-state index contributed by atoms with van der Waals surface area (Å²) in [6.07, 6.45) is 3.98. The maximum absolute atomic E-state index is 4.32. The van der Waals surface area contributed by atoms with E-state index in [4.69, 9.17) is 0 Å². The molecule has 1 N–H and O–H groups in total. The predicted molar refractivity (Wildman–Crippen MR) is 56.1 cm³/mol. The number of fused-ring (bicyclic) bond motifs is 1. The fourth-order valence-electron chi connectivity index (χ4n) is 1.94. The number of hydrogen-bond acceptors (Lipinski definition) is 2. The summed E-state index contributed by atoms with van der Waals surface area (Å²) in [6.45, 7) is 3.42. The first-order valence-corrected chi connectivity index (χ1v) is 5.04. The monoisotopic (exact) mass is 187 g/mol. The minimum atomic E-state index is 0.797. The summed E-state index contributed by atoms with van der Waals surface area (Å²) in [7, 11) is 0. The van der Waals surface area contributed by atoms with Crippen molar-refractivity contribution in [1.29, 1.82) is 0 Å². The first kappa shape index (κ1) is 8.00. The van der Waals surface area contributed by atoms with Crippen molar-refractivity contribution in [2.45, 2.75) is 6.54 Å². The van der Waals surface area contributed by atoms with E-state index in [0.717, 1.165) is 31.1 Å². The Kier molecular flexibility index (Phi) is 1.77. The van der Waals surface area contributed by atoms with Gasteiger partial charge in [0.25, 0.3) is 0 Å².